The molecule has 1 N–H and O–H groups in total. The van der Waals surface area contributed by atoms with Gasteiger partial charge in [-0.05, 0) is 25.0 Å². The Morgan fingerprint density at radius 3 is 2.76 bits per heavy atom. The van der Waals surface area contributed by atoms with Crippen LogP contribution in [0.5, 0.6) is 5.75 Å². The maximum absolute atomic E-state index is 12.8. The van der Waals surface area contributed by atoms with Crippen molar-refractivity contribution in [2.24, 2.45) is 0 Å². The molecule has 4 rings (SSSR count). The number of carbonyl (C=O) groups is 2. The zero-order valence-electron chi connectivity index (χ0n) is 14.2. The smallest absolute Gasteiger partial charge is 0.246 e. The Hall–Kier alpha value is -2.12. The van der Waals surface area contributed by atoms with Crippen molar-refractivity contribution in [1.29, 1.82) is 0 Å². The van der Waals surface area contributed by atoms with E-state index in [0.717, 1.165) is 37.4 Å². The van der Waals surface area contributed by atoms with Crippen LogP contribution in [0, 0.1) is 0 Å². The molecule has 1 aromatic carbocycles. The van der Waals surface area contributed by atoms with Gasteiger partial charge in [0.15, 0.2) is 0 Å². The van der Waals surface area contributed by atoms with Gasteiger partial charge in [-0.25, -0.2) is 0 Å². The first-order valence-corrected chi connectivity index (χ1v) is 8.80. The zero-order valence-corrected chi connectivity index (χ0v) is 14.2. The van der Waals surface area contributed by atoms with Crippen LogP contribution in [0.1, 0.15) is 12.8 Å². The lowest BCUT2D eigenvalue weighted by Crippen LogP contribution is -2.58. The average molecular weight is 345 g/mol. The first-order valence-electron chi connectivity index (χ1n) is 8.80. The molecular weight excluding hydrogens is 322 g/mol. The van der Waals surface area contributed by atoms with Gasteiger partial charge in [0.25, 0.3) is 0 Å². The predicted octanol–water partition coefficient (Wildman–Crippen LogP) is 0.393. The van der Waals surface area contributed by atoms with E-state index in [4.69, 9.17) is 9.47 Å². The quantitative estimate of drug-likeness (QED) is 0.840. The van der Waals surface area contributed by atoms with Crippen LogP contribution in [0.25, 0.3) is 0 Å². The number of piperidine rings is 1. The topological polar surface area (TPSA) is 71.1 Å². The lowest BCUT2D eigenvalue weighted by Gasteiger charge is -2.43. The van der Waals surface area contributed by atoms with Crippen LogP contribution in [-0.4, -0.2) is 68.3 Å². The lowest BCUT2D eigenvalue weighted by molar-refractivity contribution is -0.150. The molecule has 0 unspecified atom stereocenters. The Morgan fingerprint density at radius 1 is 1.20 bits per heavy atom. The molecule has 1 aromatic rings. The summed E-state index contributed by atoms with van der Waals surface area (Å²) in [6.45, 7) is 3.83. The Balaban J connectivity index is 1.35. The van der Waals surface area contributed by atoms with Crippen LogP contribution in [0.4, 0.5) is 5.69 Å². The molecule has 7 nitrogen and oxygen atoms in total. The Kier molecular flexibility index (Phi) is 4.35. The number of hydrogen-bond acceptors (Lipinski definition) is 5. The van der Waals surface area contributed by atoms with Crippen molar-refractivity contribution in [2.75, 3.05) is 50.8 Å². The van der Waals surface area contributed by atoms with E-state index >= 15 is 0 Å². The Bertz CT molecular complexity index is 658. The van der Waals surface area contributed by atoms with Crippen LogP contribution in [0.15, 0.2) is 24.3 Å². The summed E-state index contributed by atoms with van der Waals surface area (Å²) >= 11 is 0. The number of amides is 2. The van der Waals surface area contributed by atoms with E-state index in [0.29, 0.717) is 26.2 Å². The van der Waals surface area contributed by atoms with Crippen molar-refractivity contribution in [3.8, 4) is 5.75 Å². The van der Waals surface area contributed by atoms with Crippen molar-refractivity contribution in [3.05, 3.63) is 24.3 Å². The van der Waals surface area contributed by atoms with E-state index < -0.39 is 0 Å². The SMILES string of the molecule is O=C1COC2(CCN(CC(=O)N3CCOc4ccccc43)CC2)CN1. The highest BCUT2D eigenvalue weighted by Gasteiger charge is 2.39. The third-order valence-corrected chi connectivity index (χ3v) is 5.27. The normalized spacial score (nSPS) is 22.9. The largest absolute Gasteiger partial charge is 0.490 e. The highest BCUT2D eigenvalue weighted by molar-refractivity contribution is 5.96. The molecule has 2 fully saturated rings. The van der Waals surface area contributed by atoms with E-state index in [1.807, 2.05) is 29.2 Å². The number of likely N-dealkylation sites (tertiary alicyclic amines) is 1. The van der Waals surface area contributed by atoms with Crippen molar-refractivity contribution in [3.63, 3.8) is 0 Å². The molecule has 1 spiro atoms. The first kappa shape index (κ1) is 16.4. The maximum Gasteiger partial charge on any atom is 0.246 e. The fourth-order valence-electron chi connectivity index (χ4n) is 3.73. The third-order valence-electron chi connectivity index (χ3n) is 5.27. The van der Waals surface area contributed by atoms with E-state index in [1.165, 1.54) is 0 Å². The van der Waals surface area contributed by atoms with Gasteiger partial charge >= 0.3 is 0 Å². The molecule has 0 radical (unpaired) electrons. The molecule has 3 heterocycles. The summed E-state index contributed by atoms with van der Waals surface area (Å²) in [5.74, 6) is 0.824. The number of anilines is 1. The molecule has 7 heteroatoms. The first-order chi connectivity index (χ1) is 12.2. The molecule has 0 atom stereocenters. The summed E-state index contributed by atoms with van der Waals surface area (Å²) in [7, 11) is 0. The van der Waals surface area contributed by atoms with E-state index in [2.05, 4.69) is 10.2 Å². The molecule has 25 heavy (non-hydrogen) atoms. The summed E-state index contributed by atoms with van der Waals surface area (Å²) in [5.41, 5.74) is 0.601. The second-order valence-electron chi connectivity index (χ2n) is 6.89. The van der Waals surface area contributed by atoms with Crippen molar-refractivity contribution in [2.45, 2.75) is 18.4 Å². The van der Waals surface area contributed by atoms with Crippen LogP contribution in [0.2, 0.25) is 0 Å². The van der Waals surface area contributed by atoms with E-state index in [-0.39, 0.29) is 24.0 Å². The number of nitrogens with one attached hydrogen (secondary N) is 1. The standard InChI is InChI=1S/C18H23N3O4/c22-16-12-25-18(13-19-16)5-7-20(8-6-18)11-17(23)21-9-10-24-15-4-2-1-3-14(15)21/h1-4H,5-13H2,(H,19,22). The molecular formula is C18H23N3O4. The third kappa shape index (κ3) is 3.34. The van der Waals surface area contributed by atoms with Crippen molar-refractivity contribution < 1.29 is 19.1 Å². The second-order valence-corrected chi connectivity index (χ2v) is 6.89. The van der Waals surface area contributed by atoms with Gasteiger partial charge in [0.1, 0.15) is 19.0 Å². The summed E-state index contributed by atoms with van der Waals surface area (Å²) in [6.07, 6.45) is 1.67. The van der Waals surface area contributed by atoms with Gasteiger partial charge in [-0.3, -0.25) is 14.5 Å². The molecule has 0 aliphatic carbocycles. The number of nitrogens with zero attached hydrogens (tertiary/aromatic N) is 2. The van der Waals surface area contributed by atoms with Gasteiger partial charge in [-0.2, -0.15) is 0 Å². The second kappa shape index (κ2) is 6.65. The van der Waals surface area contributed by atoms with Crippen LogP contribution in [0.3, 0.4) is 0 Å². The summed E-state index contributed by atoms with van der Waals surface area (Å²) in [5, 5.41) is 2.89. The zero-order chi connectivity index (χ0) is 17.3. The molecule has 3 aliphatic heterocycles. The minimum absolute atomic E-state index is 0.0470. The number of fused-ring (bicyclic) bond motifs is 1. The fourth-order valence-corrected chi connectivity index (χ4v) is 3.73. The highest BCUT2D eigenvalue weighted by Crippen LogP contribution is 2.32. The maximum atomic E-state index is 12.8. The molecule has 0 saturated carbocycles. The number of hydrogen-bond donors (Lipinski definition) is 1. The minimum Gasteiger partial charge on any atom is -0.490 e. The summed E-state index contributed by atoms with van der Waals surface area (Å²) in [6, 6.07) is 7.66. The van der Waals surface area contributed by atoms with Crippen molar-refractivity contribution >= 4 is 17.5 Å². The van der Waals surface area contributed by atoms with Gasteiger partial charge in [0.05, 0.1) is 24.4 Å². The van der Waals surface area contributed by atoms with Gasteiger partial charge in [0, 0.05) is 19.6 Å². The summed E-state index contributed by atoms with van der Waals surface area (Å²) < 4.78 is 11.4. The Labute approximate surface area is 146 Å². The van der Waals surface area contributed by atoms with Gasteiger partial charge < -0.3 is 19.7 Å². The Morgan fingerprint density at radius 2 is 2.00 bits per heavy atom. The monoisotopic (exact) mass is 345 g/mol. The fraction of sp³-hybridized carbons (Fsp3) is 0.556. The number of morpholine rings is 1. The number of carbonyl (C=O) groups excluding carboxylic acids is 2. The van der Waals surface area contributed by atoms with E-state index in [9.17, 15) is 9.59 Å². The molecule has 0 aromatic heterocycles. The lowest BCUT2D eigenvalue weighted by atomic mass is 9.90. The van der Waals surface area contributed by atoms with Crippen LogP contribution >= 0.6 is 0 Å². The predicted molar refractivity (Wildman–Crippen MR) is 91.7 cm³/mol. The minimum atomic E-state index is -0.251. The molecule has 134 valence electrons. The number of rotatable bonds is 2. The summed E-state index contributed by atoms with van der Waals surface area (Å²) in [4.78, 5) is 28.0. The van der Waals surface area contributed by atoms with Gasteiger partial charge in [-0.1, -0.05) is 12.1 Å². The number of para-hydroxylation sites is 2. The van der Waals surface area contributed by atoms with Crippen molar-refractivity contribution in [1.82, 2.24) is 10.2 Å². The van der Waals surface area contributed by atoms with Crippen LogP contribution in [-0.2, 0) is 14.3 Å². The van der Waals surface area contributed by atoms with Crippen LogP contribution < -0.4 is 15.0 Å². The van der Waals surface area contributed by atoms with E-state index in [1.54, 1.807) is 0 Å². The van der Waals surface area contributed by atoms with Gasteiger partial charge in [0.2, 0.25) is 11.8 Å². The average Bonchev–Trinajstić information content (AvgIpc) is 2.66. The number of benzene rings is 1. The number of ether oxygens (including phenoxy) is 2. The molecule has 3 aliphatic rings. The molecule has 2 amide bonds. The highest BCUT2D eigenvalue weighted by atomic mass is 16.5. The van der Waals surface area contributed by atoms with Gasteiger partial charge in [-0.15, -0.1) is 0 Å². The molecule has 2 saturated heterocycles. The molecule has 0 bridgehead atoms.